The molecule has 19 heavy (non-hydrogen) atoms. The molecular formula is C15H20N2OS. The lowest BCUT2D eigenvalue weighted by molar-refractivity contribution is 0.401. The van der Waals surface area contributed by atoms with Crippen molar-refractivity contribution >= 4 is 11.3 Å². The van der Waals surface area contributed by atoms with Crippen LogP contribution in [0.4, 0.5) is 0 Å². The van der Waals surface area contributed by atoms with Crippen LogP contribution in [0.2, 0.25) is 0 Å². The van der Waals surface area contributed by atoms with E-state index in [2.05, 4.69) is 47.7 Å². The molecule has 0 amide bonds. The molecule has 1 aromatic heterocycles. The molecule has 0 aliphatic rings. The maximum atomic E-state index is 5.45. The van der Waals surface area contributed by atoms with E-state index < -0.39 is 0 Å². The van der Waals surface area contributed by atoms with Gasteiger partial charge in [-0.1, -0.05) is 12.1 Å². The van der Waals surface area contributed by atoms with Gasteiger partial charge in [-0.25, -0.2) is 4.98 Å². The molecule has 0 fully saturated rings. The van der Waals surface area contributed by atoms with E-state index in [-0.39, 0.29) is 6.04 Å². The lowest BCUT2D eigenvalue weighted by atomic mass is 10.1. The van der Waals surface area contributed by atoms with Crippen LogP contribution in [-0.4, -0.2) is 12.1 Å². The lowest BCUT2D eigenvalue weighted by Gasteiger charge is -2.17. The molecule has 1 heterocycles. The van der Waals surface area contributed by atoms with E-state index >= 15 is 0 Å². The van der Waals surface area contributed by atoms with Crippen molar-refractivity contribution in [3.8, 4) is 5.75 Å². The van der Waals surface area contributed by atoms with Crippen molar-refractivity contribution in [2.75, 3.05) is 7.11 Å². The molecule has 0 radical (unpaired) electrons. The monoisotopic (exact) mass is 276 g/mol. The molecule has 0 aliphatic heterocycles. The second-order valence-electron chi connectivity index (χ2n) is 4.73. The number of nitrogens with zero attached hydrogens (tertiary/aromatic N) is 1. The predicted octanol–water partition coefficient (Wildman–Crippen LogP) is 3.62. The molecule has 1 N–H and O–H groups in total. The Labute approximate surface area is 118 Å². The standard InChI is InChI=1S/C15H20N2OS/c1-10-5-6-13(14(7-10)18-4)12(3)16-8-15-17-11(2)9-19-15/h5-7,9,12,16H,8H2,1-4H3. The third-order valence-corrected chi connectivity index (χ3v) is 4.05. The van der Waals surface area contributed by atoms with Gasteiger partial charge in [0.15, 0.2) is 0 Å². The summed E-state index contributed by atoms with van der Waals surface area (Å²) in [6.45, 7) is 7.03. The van der Waals surface area contributed by atoms with Crippen LogP contribution in [0.25, 0.3) is 0 Å². The van der Waals surface area contributed by atoms with E-state index in [1.54, 1.807) is 18.4 Å². The quantitative estimate of drug-likeness (QED) is 0.905. The number of rotatable bonds is 5. The van der Waals surface area contributed by atoms with Crippen LogP contribution in [0.5, 0.6) is 5.75 Å². The van der Waals surface area contributed by atoms with E-state index in [1.165, 1.54) is 11.1 Å². The van der Waals surface area contributed by atoms with Crippen LogP contribution in [0, 0.1) is 13.8 Å². The fourth-order valence-electron chi connectivity index (χ4n) is 2.01. The molecule has 1 atom stereocenters. The SMILES string of the molecule is COc1cc(C)ccc1C(C)NCc1nc(C)cs1. The Balaban J connectivity index is 2.05. The van der Waals surface area contributed by atoms with Crippen molar-refractivity contribution in [3.05, 3.63) is 45.4 Å². The van der Waals surface area contributed by atoms with Crippen LogP contribution < -0.4 is 10.1 Å². The zero-order valence-corrected chi connectivity index (χ0v) is 12.7. The molecule has 0 bridgehead atoms. The van der Waals surface area contributed by atoms with Crippen molar-refractivity contribution in [2.45, 2.75) is 33.4 Å². The molecule has 4 heteroatoms. The highest BCUT2D eigenvalue weighted by molar-refractivity contribution is 7.09. The largest absolute Gasteiger partial charge is 0.496 e. The highest BCUT2D eigenvalue weighted by Gasteiger charge is 2.11. The first-order valence-corrected chi connectivity index (χ1v) is 7.27. The summed E-state index contributed by atoms with van der Waals surface area (Å²) in [5.74, 6) is 0.940. The summed E-state index contributed by atoms with van der Waals surface area (Å²) in [5, 5.41) is 6.69. The van der Waals surface area contributed by atoms with Gasteiger partial charge in [-0.15, -0.1) is 11.3 Å². The van der Waals surface area contributed by atoms with Crippen LogP contribution in [0.1, 0.15) is 34.8 Å². The topological polar surface area (TPSA) is 34.1 Å². The Morgan fingerprint density at radius 2 is 2.16 bits per heavy atom. The minimum Gasteiger partial charge on any atom is -0.496 e. The van der Waals surface area contributed by atoms with Crippen molar-refractivity contribution in [2.24, 2.45) is 0 Å². The van der Waals surface area contributed by atoms with Gasteiger partial charge >= 0.3 is 0 Å². The summed E-state index contributed by atoms with van der Waals surface area (Å²) in [4.78, 5) is 4.46. The lowest BCUT2D eigenvalue weighted by Crippen LogP contribution is -2.18. The molecular weight excluding hydrogens is 256 g/mol. The van der Waals surface area contributed by atoms with Gasteiger partial charge in [-0.3, -0.25) is 0 Å². The smallest absolute Gasteiger partial charge is 0.123 e. The molecule has 0 aliphatic carbocycles. The molecule has 0 saturated carbocycles. The second kappa shape index (κ2) is 6.17. The number of aromatic nitrogens is 1. The first kappa shape index (κ1) is 14.0. The average molecular weight is 276 g/mol. The maximum absolute atomic E-state index is 5.45. The van der Waals surface area contributed by atoms with Gasteiger partial charge in [-0.2, -0.15) is 0 Å². The van der Waals surface area contributed by atoms with Crippen molar-refractivity contribution < 1.29 is 4.74 Å². The number of hydrogen-bond acceptors (Lipinski definition) is 4. The van der Waals surface area contributed by atoms with Gasteiger partial charge < -0.3 is 10.1 Å². The minimum atomic E-state index is 0.236. The average Bonchev–Trinajstić information content (AvgIpc) is 2.81. The Hall–Kier alpha value is -1.39. The summed E-state index contributed by atoms with van der Waals surface area (Å²) < 4.78 is 5.45. The Kier molecular flexibility index (Phi) is 4.56. The molecule has 1 unspecified atom stereocenters. The van der Waals surface area contributed by atoms with Gasteiger partial charge in [0.2, 0.25) is 0 Å². The fraction of sp³-hybridized carbons (Fsp3) is 0.400. The molecule has 102 valence electrons. The molecule has 0 saturated heterocycles. The third kappa shape index (κ3) is 3.55. The van der Waals surface area contributed by atoms with Crippen LogP contribution in [0.3, 0.4) is 0 Å². The number of benzene rings is 1. The third-order valence-electron chi connectivity index (χ3n) is 3.08. The first-order valence-electron chi connectivity index (χ1n) is 6.39. The molecule has 2 aromatic rings. The number of nitrogens with one attached hydrogen (secondary N) is 1. The van der Waals surface area contributed by atoms with Crippen LogP contribution >= 0.6 is 11.3 Å². The number of hydrogen-bond donors (Lipinski definition) is 1. The summed E-state index contributed by atoms with van der Waals surface area (Å²) >= 11 is 1.69. The van der Waals surface area contributed by atoms with Gasteiger partial charge in [0.25, 0.3) is 0 Å². The van der Waals surface area contributed by atoms with Gasteiger partial charge in [-0.05, 0) is 32.4 Å². The number of thiazole rings is 1. The number of methoxy groups -OCH3 is 1. The van der Waals surface area contributed by atoms with Gasteiger partial charge in [0.1, 0.15) is 10.8 Å². The van der Waals surface area contributed by atoms with E-state index in [0.29, 0.717) is 0 Å². The number of aryl methyl sites for hydroxylation is 2. The molecule has 3 nitrogen and oxygen atoms in total. The van der Waals surface area contributed by atoms with E-state index in [1.807, 2.05) is 6.92 Å². The first-order chi connectivity index (χ1) is 9.10. The normalized spacial score (nSPS) is 12.4. The summed E-state index contributed by atoms with van der Waals surface area (Å²) in [6.07, 6.45) is 0. The van der Waals surface area contributed by atoms with Crippen molar-refractivity contribution in [1.29, 1.82) is 0 Å². The molecule has 1 aromatic carbocycles. The van der Waals surface area contributed by atoms with E-state index in [9.17, 15) is 0 Å². The van der Waals surface area contributed by atoms with Gasteiger partial charge in [0.05, 0.1) is 7.11 Å². The Morgan fingerprint density at radius 3 is 2.79 bits per heavy atom. The molecule has 2 rings (SSSR count). The summed E-state index contributed by atoms with van der Waals surface area (Å²) in [5.41, 5.74) is 3.48. The Bertz CT molecular complexity index is 551. The highest BCUT2D eigenvalue weighted by atomic mass is 32.1. The Morgan fingerprint density at radius 1 is 1.37 bits per heavy atom. The summed E-state index contributed by atoms with van der Waals surface area (Å²) in [6, 6.07) is 6.54. The zero-order valence-electron chi connectivity index (χ0n) is 11.9. The van der Waals surface area contributed by atoms with Gasteiger partial charge in [0, 0.05) is 29.2 Å². The zero-order chi connectivity index (χ0) is 13.8. The van der Waals surface area contributed by atoms with Crippen molar-refractivity contribution in [1.82, 2.24) is 10.3 Å². The van der Waals surface area contributed by atoms with Crippen molar-refractivity contribution in [3.63, 3.8) is 0 Å². The summed E-state index contributed by atoms with van der Waals surface area (Å²) in [7, 11) is 1.72. The van der Waals surface area contributed by atoms with E-state index in [0.717, 1.165) is 23.0 Å². The van der Waals surface area contributed by atoms with Crippen LogP contribution in [0.15, 0.2) is 23.6 Å². The fourth-order valence-corrected chi connectivity index (χ4v) is 2.73. The maximum Gasteiger partial charge on any atom is 0.123 e. The van der Waals surface area contributed by atoms with Crippen LogP contribution in [-0.2, 0) is 6.54 Å². The highest BCUT2D eigenvalue weighted by Crippen LogP contribution is 2.26. The predicted molar refractivity (Wildman–Crippen MR) is 79.8 cm³/mol. The number of ether oxygens (including phenoxy) is 1. The second-order valence-corrected chi connectivity index (χ2v) is 5.67. The minimum absolute atomic E-state index is 0.236. The van der Waals surface area contributed by atoms with E-state index in [4.69, 9.17) is 4.74 Å². The molecule has 0 spiro atoms.